The summed E-state index contributed by atoms with van der Waals surface area (Å²) >= 11 is 3.43. The predicted octanol–water partition coefficient (Wildman–Crippen LogP) is 4.64. The highest BCUT2D eigenvalue weighted by Gasteiger charge is 2.17. The second kappa shape index (κ2) is 9.65. The Morgan fingerprint density at radius 3 is 2.28 bits per heavy atom. The molecule has 0 rings (SSSR count). The minimum absolute atomic E-state index is 0.191. The Kier molecular flexibility index (Phi) is 9.52. The second-order valence-corrected chi connectivity index (χ2v) is 6.59. The van der Waals surface area contributed by atoms with Crippen molar-refractivity contribution in [1.29, 1.82) is 0 Å². The number of alkyl halides is 1. The van der Waals surface area contributed by atoms with E-state index in [0.717, 1.165) is 11.8 Å². The van der Waals surface area contributed by atoms with Crippen molar-refractivity contribution in [3.05, 3.63) is 0 Å². The number of halogens is 1. The van der Waals surface area contributed by atoms with Crippen molar-refractivity contribution in [2.45, 2.75) is 77.9 Å². The summed E-state index contributed by atoms with van der Waals surface area (Å²) in [5.74, 6) is 0. The number of carbonyl (C=O) groups is 1. The average Bonchev–Trinajstić information content (AvgIpc) is 2.20. The van der Waals surface area contributed by atoms with E-state index in [1.54, 1.807) is 0 Å². The average molecular weight is 322 g/mol. The summed E-state index contributed by atoms with van der Waals surface area (Å²) in [4.78, 5) is 11.5. The van der Waals surface area contributed by atoms with Gasteiger partial charge in [-0.2, -0.15) is 0 Å². The third kappa shape index (κ3) is 12.2. The van der Waals surface area contributed by atoms with E-state index in [0.29, 0.717) is 0 Å². The number of unbranched alkanes of at least 4 members (excludes halogenated alkanes) is 4. The molecule has 0 aromatic heterocycles. The van der Waals surface area contributed by atoms with Crippen LogP contribution in [0.2, 0.25) is 0 Å². The van der Waals surface area contributed by atoms with Gasteiger partial charge >= 0.3 is 6.09 Å². The fourth-order valence-corrected chi connectivity index (χ4v) is 2.05. The van der Waals surface area contributed by atoms with E-state index in [-0.39, 0.29) is 12.1 Å². The maximum absolute atomic E-state index is 11.5. The van der Waals surface area contributed by atoms with Gasteiger partial charge in [-0.05, 0) is 40.5 Å². The topological polar surface area (TPSA) is 38.3 Å². The molecule has 0 saturated heterocycles. The zero-order chi connectivity index (χ0) is 14.0. The van der Waals surface area contributed by atoms with Crippen molar-refractivity contribution in [2.75, 3.05) is 5.33 Å². The van der Waals surface area contributed by atoms with E-state index in [9.17, 15) is 4.79 Å². The lowest BCUT2D eigenvalue weighted by Crippen LogP contribution is -2.37. The largest absolute Gasteiger partial charge is 0.444 e. The Balaban J connectivity index is 3.53. The lowest BCUT2D eigenvalue weighted by molar-refractivity contribution is 0.0506. The van der Waals surface area contributed by atoms with Crippen LogP contribution in [0.4, 0.5) is 4.79 Å². The summed E-state index contributed by atoms with van der Waals surface area (Å²) in [6, 6.07) is 0.191. The van der Waals surface area contributed by atoms with E-state index < -0.39 is 5.60 Å². The first-order valence-corrected chi connectivity index (χ1v) is 8.03. The fraction of sp³-hybridized carbons (Fsp3) is 0.929. The minimum Gasteiger partial charge on any atom is -0.444 e. The summed E-state index contributed by atoms with van der Waals surface area (Å²) in [5, 5.41) is 3.97. The molecule has 18 heavy (non-hydrogen) atoms. The molecule has 0 aromatic carbocycles. The van der Waals surface area contributed by atoms with E-state index in [4.69, 9.17) is 4.74 Å². The fourth-order valence-electron chi connectivity index (χ4n) is 1.66. The van der Waals surface area contributed by atoms with Crippen molar-refractivity contribution in [3.63, 3.8) is 0 Å². The normalized spacial score (nSPS) is 13.2. The Morgan fingerprint density at radius 2 is 1.72 bits per heavy atom. The summed E-state index contributed by atoms with van der Waals surface area (Å²) in [7, 11) is 0. The van der Waals surface area contributed by atoms with E-state index >= 15 is 0 Å². The van der Waals surface area contributed by atoms with Gasteiger partial charge in [0.15, 0.2) is 0 Å². The molecule has 0 fully saturated rings. The van der Waals surface area contributed by atoms with Crippen molar-refractivity contribution in [3.8, 4) is 0 Å². The van der Waals surface area contributed by atoms with Crippen LogP contribution in [0.1, 0.15) is 66.2 Å². The van der Waals surface area contributed by atoms with E-state index in [1.807, 2.05) is 27.7 Å². The molecule has 0 spiro atoms. The molecule has 1 unspecified atom stereocenters. The van der Waals surface area contributed by atoms with Gasteiger partial charge in [-0.25, -0.2) is 4.79 Å². The Hall–Kier alpha value is -0.250. The highest BCUT2D eigenvalue weighted by molar-refractivity contribution is 9.09. The lowest BCUT2D eigenvalue weighted by Gasteiger charge is -2.21. The van der Waals surface area contributed by atoms with Crippen LogP contribution in [0, 0.1) is 0 Å². The number of hydrogen-bond acceptors (Lipinski definition) is 2. The van der Waals surface area contributed by atoms with Crippen LogP contribution < -0.4 is 5.32 Å². The molecular weight excluding hydrogens is 294 g/mol. The second-order valence-electron chi connectivity index (χ2n) is 5.79. The van der Waals surface area contributed by atoms with Crippen LogP contribution in [-0.2, 0) is 4.74 Å². The van der Waals surface area contributed by atoms with Gasteiger partial charge < -0.3 is 10.1 Å². The smallest absolute Gasteiger partial charge is 0.407 e. The zero-order valence-electron chi connectivity index (χ0n) is 12.2. The summed E-state index contributed by atoms with van der Waals surface area (Å²) < 4.78 is 5.21. The zero-order valence-corrected chi connectivity index (χ0v) is 13.8. The summed E-state index contributed by atoms with van der Waals surface area (Å²) in [6.45, 7) is 7.66. The third-order valence-corrected chi connectivity index (χ3v) is 3.09. The minimum atomic E-state index is -0.417. The van der Waals surface area contributed by atoms with Gasteiger partial charge in [0.2, 0.25) is 0 Å². The quantitative estimate of drug-likeness (QED) is 0.522. The van der Waals surface area contributed by atoms with Gasteiger partial charge in [-0.15, -0.1) is 0 Å². The highest BCUT2D eigenvalue weighted by Crippen LogP contribution is 2.10. The highest BCUT2D eigenvalue weighted by atomic mass is 79.9. The molecule has 0 aliphatic carbocycles. The first-order valence-electron chi connectivity index (χ1n) is 6.90. The number of hydrogen-bond donors (Lipinski definition) is 1. The molecule has 0 aromatic rings. The van der Waals surface area contributed by atoms with Crippen LogP contribution in [0.3, 0.4) is 0 Å². The van der Waals surface area contributed by atoms with Crippen LogP contribution in [-0.4, -0.2) is 23.1 Å². The molecule has 0 saturated carbocycles. The molecule has 108 valence electrons. The van der Waals surface area contributed by atoms with Crippen LogP contribution in [0.15, 0.2) is 0 Å². The van der Waals surface area contributed by atoms with Crippen molar-refractivity contribution in [2.24, 2.45) is 0 Å². The molecular formula is C14H28BrNO2. The molecule has 1 amide bonds. The summed E-state index contributed by atoms with van der Waals surface area (Å²) in [6.07, 6.45) is 6.95. The summed E-state index contributed by atoms with van der Waals surface area (Å²) in [5.41, 5.74) is -0.417. The van der Waals surface area contributed by atoms with E-state index in [2.05, 4.69) is 21.2 Å². The number of ether oxygens (including phenoxy) is 1. The first kappa shape index (κ1) is 17.8. The Labute approximate surface area is 120 Å². The molecule has 0 radical (unpaired) electrons. The van der Waals surface area contributed by atoms with Crippen LogP contribution in [0.5, 0.6) is 0 Å². The number of nitrogens with one attached hydrogen (secondary N) is 1. The number of alkyl carbamates (subject to hydrolysis) is 1. The number of amides is 1. The molecule has 4 heteroatoms. The molecule has 3 nitrogen and oxygen atoms in total. The van der Waals surface area contributed by atoms with Gasteiger partial charge in [0.25, 0.3) is 0 Å². The molecule has 0 bridgehead atoms. The van der Waals surface area contributed by atoms with Gasteiger partial charge in [-0.3, -0.25) is 0 Å². The first-order chi connectivity index (χ1) is 8.35. The maximum atomic E-state index is 11.5. The molecule has 0 aliphatic heterocycles. The van der Waals surface area contributed by atoms with E-state index in [1.165, 1.54) is 32.1 Å². The van der Waals surface area contributed by atoms with Crippen molar-refractivity contribution in [1.82, 2.24) is 5.32 Å². The Bertz CT molecular complexity index is 226. The Morgan fingerprint density at radius 1 is 1.17 bits per heavy atom. The van der Waals surface area contributed by atoms with Crippen LogP contribution in [0.25, 0.3) is 0 Å². The van der Waals surface area contributed by atoms with Gasteiger partial charge in [-0.1, -0.05) is 41.6 Å². The van der Waals surface area contributed by atoms with Gasteiger partial charge in [0.05, 0.1) is 0 Å². The lowest BCUT2D eigenvalue weighted by atomic mass is 10.1. The number of carbonyl (C=O) groups excluding carboxylic acids is 1. The monoisotopic (exact) mass is 321 g/mol. The maximum Gasteiger partial charge on any atom is 0.407 e. The molecule has 1 atom stereocenters. The third-order valence-electron chi connectivity index (χ3n) is 2.53. The SMILES string of the molecule is CC(CCCCCCCBr)NC(=O)OC(C)(C)C. The van der Waals surface area contributed by atoms with Crippen molar-refractivity contribution >= 4 is 22.0 Å². The van der Waals surface area contributed by atoms with Crippen LogP contribution >= 0.6 is 15.9 Å². The standard InChI is InChI=1S/C14H28BrNO2/c1-12(10-8-6-5-7-9-11-15)16-13(17)18-14(2,3)4/h12H,5-11H2,1-4H3,(H,16,17). The molecule has 1 N–H and O–H groups in total. The van der Waals surface area contributed by atoms with Gasteiger partial charge in [0, 0.05) is 11.4 Å². The number of rotatable bonds is 8. The molecule has 0 heterocycles. The predicted molar refractivity (Wildman–Crippen MR) is 80.3 cm³/mol. The van der Waals surface area contributed by atoms with Gasteiger partial charge in [0.1, 0.15) is 5.60 Å². The molecule has 0 aliphatic rings. The van der Waals surface area contributed by atoms with Crippen molar-refractivity contribution < 1.29 is 9.53 Å².